The van der Waals surface area contributed by atoms with E-state index in [2.05, 4.69) is 10.0 Å². The quantitative estimate of drug-likeness (QED) is 0.840. The predicted octanol–water partition coefficient (Wildman–Crippen LogP) is 3.70. The lowest BCUT2D eigenvalue weighted by molar-refractivity contribution is 0.570. The predicted molar refractivity (Wildman–Crippen MR) is 88.6 cm³/mol. The second kappa shape index (κ2) is 6.79. The van der Waals surface area contributed by atoms with E-state index in [0.717, 1.165) is 4.88 Å². The molecular weight excluding hydrogens is 328 g/mol. The molecule has 21 heavy (non-hydrogen) atoms. The first kappa shape index (κ1) is 16.3. The Bertz CT molecular complexity index is 711. The van der Waals surface area contributed by atoms with Crippen molar-refractivity contribution in [1.29, 1.82) is 0 Å². The summed E-state index contributed by atoms with van der Waals surface area (Å²) in [4.78, 5) is 1.30. The van der Waals surface area contributed by atoms with E-state index in [1.54, 1.807) is 38.1 Å². The average molecular weight is 345 g/mol. The van der Waals surface area contributed by atoms with E-state index >= 15 is 0 Å². The van der Waals surface area contributed by atoms with Gasteiger partial charge in [-0.1, -0.05) is 23.7 Å². The van der Waals surface area contributed by atoms with Gasteiger partial charge in [-0.25, -0.2) is 13.1 Å². The number of halogens is 1. The minimum Gasteiger partial charge on any atom is -0.379 e. The lowest BCUT2D eigenvalue weighted by Gasteiger charge is -2.14. The van der Waals surface area contributed by atoms with Crippen LogP contribution >= 0.6 is 22.9 Å². The van der Waals surface area contributed by atoms with Crippen LogP contribution in [0.15, 0.2) is 41.3 Å². The summed E-state index contributed by atoms with van der Waals surface area (Å²) < 4.78 is 27.9. The smallest absolute Gasteiger partial charge is 0.242 e. The second-order valence-corrected chi connectivity index (χ2v) is 8.31. The Kier molecular flexibility index (Phi) is 5.27. The van der Waals surface area contributed by atoms with Crippen LogP contribution in [0.1, 0.15) is 18.7 Å². The topological polar surface area (TPSA) is 58.2 Å². The molecule has 0 aliphatic carbocycles. The van der Waals surface area contributed by atoms with E-state index in [9.17, 15) is 8.42 Å². The third-order valence-electron chi connectivity index (χ3n) is 2.65. The number of nitrogens with one attached hydrogen (secondary N) is 2. The van der Waals surface area contributed by atoms with Gasteiger partial charge in [-0.2, -0.15) is 0 Å². The summed E-state index contributed by atoms with van der Waals surface area (Å²) in [7, 11) is -3.52. The summed E-state index contributed by atoms with van der Waals surface area (Å²) in [6, 6.07) is 10.5. The molecule has 0 atom stereocenters. The maximum absolute atomic E-state index is 12.3. The summed E-state index contributed by atoms with van der Waals surface area (Å²) in [5.41, 5.74) is 0.579. The van der Waals surface area contributed by atoms with Crippen LogP contribution in [-0.2, 0) is 16.6 Å². The van der Waals surface area contributed by atoms with Gasteiger partial charge in [0.15, 0.2) is 0 Å². The molecule has 0 aliphatic rings. The maximum Gasteiger partial charge on any atom is 0.242 e. The van der Waals surface area contributed by atoms with Gasteiger partial charge < -0.3 is 5.32 Å². The molecule has 1 aromatic carbocycles. The Morgan fingerprint density at radius 2 is 1.90 bits per heavy atom. The fourth-order valence-corrected chi connectivity index (χ4v) is 4.31. The van der Waals surface area contributed by atoms with Crippen molar-refractivity contribution in [3.05, 3.63) is 45.6 Å². The van der Waals surface area contributed by atoms with Crippen LogP contribution in [0.4, 0.5) is 5.69 Å². The first-order valence-corrected chi connectivity index (χ1v) is 9.15. The molecule has 0 amide bonds. The van der Waals surface area contributed by atoms with E-state index in [4.69, 9.17) is 11.6 Å². The van der Waals surface area contributed by atoms with Gasteiger partial charge in [0.25, 0.3) is 0 Å². The lowest BCUT2D eigenvalue weighted by atomic mass is 10.3. The highest BCUT2D eigenvalue weighted by Gasteiger charge is 2.19. The minimum atomic E-state index is -3.52. The number of para-hydroxylation sites is 1. The number of thiophene rings is 1. The van der Waals surface area contributed by atoms with Gasteiger partial charge in [-0.15, -0.1) is 11.3 Å². The Balaban J connectivity index is 2.21. The first-order chi connectivity index (χ1) is 9.88. The number of rotatable bonds is 6. The first-order valence-electron chi connectivity index (χ1n) is 6.48. The molecule has 0 saturated heterocycles. The Labute approximate surface area is 134 Å². The molecule has 0 bridgehead atoms. The van der Waals surface area contributed by atoms with E-state index in [0.29, 0.717) is 16.6 Å². The van der Waals surface area contributed by atoms with Crippen molar-refractivity contribution in [2.75, 3.05) is 5.32 Å². The molecule has 0 unspecified atom stereocenters. The maximum atomic E-state index is 12.3. The highest BCUT2D eigenvalue weighted by atomic mass is 35.5. The molecule has 7 heteroatoms. The zero-order chi connectivity index (χ0) is 15.5. The van der Waals surface area contributed by atoms with Crippen molar-refractivity contribution >= 4 is 38.6 Å². The van der Waals surface area contributed by atoms with E-state index < -0.39 is 10.0 Å². The van der Waals surface area contributed by atoms with Crippen molar-refractivity contribution in [2.24, 2.45) is 0 Å². The molecule has 1 heterocycles. The summed E-state index contributed by atoms with van der Waals surface area (Å²) in [5.74, 6) is 0. The van der Waals surface area contributed by atoms with E-state index in [1.807, 2.05) is 12.1 Å². The number of hydrogen-bond donors (Lipinski definition) is 2. The average Bonchev–Trinajstić information content (AvgIpc) is 2.81. The Morgan fingerprint density at radius 1 is 1.19 bits per heavy atom. The van der Waals surface area contributed by atoms with Crippen LogP contribution in [-0.4, -0.2) is 14.5 Å². The molecule has 0 spiro atoms. The summed E-state index contributed by atoms with van der Waals surface area (Å²) in [6.45, 7) is 4.12. The summed E-state index contributed by atoms with van der Waals surface area (Å²) >= 11 is 7.36. The fraction of sp³-hybridized carbons (Fsp3) is 0.286. The largest absolute Gasteiger partial charge is 0.379 e. The van der Waals surface area contributed by atoms with Gasteiger partial charge in [-0.3, -0.25) is 0 Å². The van der Waals surface area contributed by atoms with Gasteiger partial charge in [0.05, 0.1) is 10.0 Å². The van der Waals surface area contributed by atoms with Gasteiger partial charge >= 0.3 is 0 Å². The number of hydrogen-bond acceptors (Lipinski definition) is 4. The number of benzene rings is 1. The van der Waals surface area contributed by atoms with Crippen LogP contribution in [0, 0.1) is 0 Å². The fourth-order valence-electron chi connectivity index (χ4n) is 1.85. The van der Waals surface area contributed by atoms with E-state index in [1.165, 1.54) is 11.3 Å². The van der Waals surface area contributed by atoms with Gasteiger partial charge in [0, 0.05) is 17.5 Å². The molecule has 2 rings (SSSR count). The molecular formula is C14H17ClN2O2S2. The lowest BCUT2D eigenvalue weighted by Crippen LogP contribution is -2.30. The van der Waals surface area contributed by atoms with Crippen LogP contribution in [0.5, 0.6) is 0 Å². The van der Waals surface area contributed by atoms with E-state index in [-0.39, 0.29) is 10.9 Å². The van der Waals surface area contributed by atoms with Crippen molar-refractivity contribution in [3.8, 4) is 0 Å². The van der Waals surface area contributed by atoms with Crippen molar-refractivity contribution in [2.45, 2.75) is 31.3 Å². The number of anilines is 1. The van der Waals surface area contributed by atoms with Crippen LogP contribution < -0.4 is 10.0 Å². The standard InChI is InChI=1S/C14H17ClN2O2S2/c1-10(2)17-21(18,19)13-6-4-3-5-12(13)16-9-11-7-8-14(15)20-11/h3-8,10,16-17H,9H2,1-2H3. The molecule has 2 N–H and O–H groups in total. The third-order valence-corrected chi connectivity index (χ3v) is 5.60. The highest BCUT2D eigenvalue weighted by molar-refractivity contribution is 7.89. The molecule has 1 aromatic heterocycles. The monoisotopic (exact) mass is 344 g/mol. The zero-order valence-corrected chi connectivity index (χ0v) is 14.1. The number of sulfonamides is 1. The Hall–Kier alpha value is -1.08. The molecule has 0 aliphatic heterocycles. The minimum absolute atomic E-state index is 0.154. The highest BCUT2D eigenvalue weighted by Crippen LogP contribution is 2.25. The van der Waals surface area contributed by atoms with Gasteiger partial charge in [0.1, 0.15) is 4.90 Å². The SMILES string of the molecule is CC(C)NS(=O)(=O)c1ccccc1NCc1ccc(Cl)s1. The second-order valence-electron chi connectivity index (χ2n) is 4.83. The molecule has 114 valence electrons. The van der Waals surface area contributed by atoms with Crippen LogP contribution in [0.25, 0.3) is 0 Å². The molecule has 0 fully saturated rings. The van der Waals surface area contributed by atoms with Crippen LogP contribution in [0.3, 0.4) is 0 Å². The molecule has 0 saturated carbocycles. The molecule has 0 radical (unpaired) electrons. The van der Waals surface area contributed by atoms with Crippen molar-refractivity contribution in [3.63, 3.8) is 0 Å². The molecule has 4 nitrogen and oxygen atoms in total. The van der Waals surface area contributed by atoms with Crippen molar-refractivity contribution < 1.29 is 8.42 Å². The van der Waals surface area contributed by atoms with Gasteiger partial charge in [0.2, 0.25) is 10.0 Å². The van der Waals surface area contributed by atoms with Gasteiger partial charge in [-0.05, 0) is 38.1 Å². The summed E-state index contributed by atoms with van der Waals surface area (Å²) in [6.07, 6.45) is 0. The molecule has 2 aromatic rings. The normalized spacial score (nSPS) is 11.8. The Morgan fingerprint density at radius 3 is 2.52 bits per heavy atom. The van der Waals surface area contributed by atoms with Crippen LogP contribution in [0.2, 0.25) is 4.34 Å². The zero-order valence-electron chi connectivity index (χ0n) is 11.8. The third kappa shape index (κ3) is 4.44. The summed E-state index contributed by atoms with van der Waals surface area (Å²) in [5, 5.41) is 3.15. The van der Waals surface area contributed by atoms with Crippen molar-refractivity contribution in [1.82, 2.24) is 4.72 Å².